The highest BCUT2D eigenvalue weighted by molar-refractivity contribution is 5.95. The van der Waals surface area contributed by atoms with E-state index in [9.17, 15) is 9.18 Å². The maximum Gasteiger partial charge on any atom is 0.254 e. The van der Waals surface area contributed by atoms with Gasteiger partial charge in [0.2, 0.25) is 0 Å². The van der Waals surface area contributed by atoms with E-state index >= 15 is 0 Å². The molecule has 0 saturated carbocycles. The number of piperidine rings is 1. The van der Waals surface area contributed by atoms with Crippen LogP contribution in [0, 0.1) is 19.7 Å². The Bertz CT molecular complexity index is 983. The van der Waals surface area contributed by atoms with Crippen molar-refractivity contribution in [2.75, 3.05) is 13.1 Å². The van der Waals surface area contributed by atoms with E-state index in [1.54, 1.807) is 23.6 Å². The first-order valence-corrected chi connectivity index (χ1v) is 8.76. The molecule has 1 aliphatic heterocycles. The predicted octanol–water partition coefficient (Wildman–Crippen LogP) is 2.90. The molecule has 4 rings (SSSR count). The van der Waals surface area contributed by atoms with Crippen molar-refractivity contribution in [3.05, 3.63) is 58.9 Å². The van der Waals surface area contributed by atoms with Crippen molar-refractivity contribution in [3.63, 3.8) is 0 Å². The summed E-state index contributed by atoms with van der Waals surface area (Å²) in [5, 5.41) is 4.28. The number of fused-ring (bicyclic) bond motifs is 1. The Balaban J connectivity index is 1.64. The first kappa shape index (κ1) is 16.6. The van der Waals surface area contributed by atoms with Gasteiger partial charge in [0.15, 0.2) is 0 Å². The molecule has 1 aliphatic rings. The van der Waals surface area contributed by atoms with Gasteiger partial charge in [0.1, 0.15) is 12.1 Å². The maximum absolute atomic E-state index is 13.8. The van der Waals surface area contributed by atoms with Crippen LogP contribution in [0.25, 0.3) is 5.78 Å². The van der Waals surface area contributed by atoms with E-state index in [-0.39, 0.29) is 17.6 Å². The molecule has 0 spiro atoms. The molecule has 7 heteroatoms. The molecule has 2 aromatic heterocycles. The number of nitrogens with zero attached hydrogens (tertiary/aromatic N) is 5. The van der Waals surface area contributed by atoms with Crippen LogP contribution in [-0.2, 0) is 0 Å². The summed E-state index contributed by atoms with van der Waals surface area (Å²) in [6, 6.07) is 6.67. The lowest BCUT2D eigenvalue weighted by Gasteiger charge is -2.33. The highest BCUT2D eigenvalue weighted by Gasteiger charge is 2.28. The van der Waals surface area contributed by atoms with Gasteiger partial charge in [-0.3, -0.25) is 4.79 Å². The Kier molecular flexibility index (Phi) is 4.14. The van der Waals surface area contributed by atoms with Gasteiger partial charge in [-0.1, -0.05) is 6.07 Å². The first-order chi connectivity index (χ1) is 12.5. The van der Waals surface area contributed by atoms with Gasteiger partial charge in [-0.25, -0.2) is 13.9 Å². The van der Waals surface area contributed by atoms with Crippen LogP contribution >= 0.6 is 0 Å². The number of rotatable bonds is 2. The van der Waals surface area contributed by atoms with Crippen LogP contribution in [0.5, 0.6) is 0 Å². The van der Waals surface area contributed by atoms with Crippen LogP contribution in [0.15, 0.2) is 30.6 Å². The first-order valence-electron chi connectivity index (χ1n) is 8.76. The van der Waals surface area contributed by atoms with Crippen molar-refractivity contribution in [3.8, 4) is 0 Å². The number of aryl methyl sites for hydroxylation is 1. The zero-order valence-corrected chi connectivity index (χ0v) is 14.8. The average Bonchev–Trinajstić information content (AvgIpc) is 3.11. The minimum Gasteiger partial charge on any atom is -0.338 e. The maximum atomic E-state index is 13.8. The number of aromatic nitrogens is 4. The molecule has 6 nitrogen and oxygen atoms in total. The molecule has 0 radical (unpaired) electrons. The zero-order chi connectivity index (χ0) is 18.3. The Morgan fingerprint density at radius 3 is 3.00 bits per heavy atom. The highest BCUT2D eigenvalue weighted by Crippen LogP contribution is 2.28. The summed E-state index contributed by atoms with van der Waals surface area (Å²) >= 11 is 0. The lowest BCUT2D eigenvalue weighted by molar-refractivity contribution is 0.0704. The van der Waals surface area contributed by atoms with Gasteiger partial charge in [0.05, 0.1) is 5.69 Å². The second kappa shape index (κ2) is 6.48. The standard InChI is InChI=1S/C19H20FN5O/c1-12-9-17(25-19(23-12)21-11-22-25)14-5-4-8-24(10-14)18(26)15-6-3-7-16(20)13(15)2/h3,6-7,9,11,14H,4-5,8,10H2,1-2H3. The van der Waals surface area contributed by atoms with Crippen molar-refractivity contribution in [2.24, 2.45) is 0 Å². The molecule has 1 saturated heterocycles. The fraction of sp³-hybridized carbons (Fsp3) is 0.368. The summed E-state index contributed by atoms with van der Waals surface area (Å²) in [5.74, 6) is 0.252. The van der Waals surface area contributed by atoms with E-state index in [0.717, 1.165) is 24.2 Å². The normalized spacial score (nSPS) is 17.7. The van der Waals surface area contributed by atoms with Crippen molar-refractivity contribution in [1.82, 2.24) is 24.5 Å². The highest BCUT2D eigenvalue weighted by atomic mass is 19.1. The van der Waals surface area contributed by atoms with Crippen LogP contribution in [0.2, 0.25) is 0 Å². The summed E-state index contributed by atoms with van der Waals surface area (Å²) in [6.45, 7) is 4.83. The van der Waals surface area contributed by atoms with Gasteiger partial charge in [-0.2, -0.15) is 10.1 Å². The van der Waals surface area contributed by atoms with Gasteiger partial charge >= 0.3 is 0 Å². The van der Waals surface area contributed by atoms with Crippen molar-refractivity contribution < 1.29 is 9.18 Å². The fourth-order valence-electron chi connectivity index (χ4n) is 3.66. The molecule has 0 N–H and O–H groups in total. The molecule has 3 heterocycles. The molecule has 0 aliphatic carbocycles. The van der Waals surface area contributed by atoms with E-state index in [0.29, 0.717) is 30.0 Å². The van der Waals surface area contributed by atoms with Crippen LogP contribution in [0.4, 0.5) is 4.39 Å². The third-order valence-electron chi connectivity index (χ3n) is 5.03. The van der Waals surface area contributed by atoms with Crippen LogP contribution in [0.3, 0.4) is 0 Å². The van der Waals surface area contributed by atoms with E-state index in [1.165, 1.54) is 12.4 Å². The number of likely N-dealkylation sites (tertiary alicyclic amines) is 1. The molecule has 1 unspecified atom stereocenters. The smallest absolute Gasteiger partial charge is 0.254 e. The topological polar surface area (TPSA) is 63.4 Å². The van der Waals surface area contributed by atoms with E-state index in [1.807, 2.05) is 17.9 Å². The summed E-state index contributed by atoms with van der Waals surface area (Å²) in [4.78, 5) is 23.3. The number of carbonyl (C=O) groups is 1. The van der Waals surface area contributed by atoms with Crippen LogP contribution in [0.1, 0.15) is 46.1 Å². The summed E-state index contributed by atoms with van der Waals surface area (Å²) < 4.78 is 15.6. The van der Waals surface area contributed by atoms with E-state index in [4.69, 9.17) is 0 Å². The van der Waals surface area contributed by atoms with Gasteiger partial charge < -0.3 is 4.90 Å². The van der Waals surface area contributed by atoms with Crippen LogP contribution < -0.4 is 0 Å². The Labute approximate surface area is 150 Å². The van der Waals surface area contributed by atoms with Crippen molar-refractivity contribution >= 4 is 11.7 Å². The van der Waals surface area contributed by atoms with E-state index in [2.05, 4.69) is 15.1 Å². The molecule has 3 aromatic rings. The van der Waals surface area contributed by atoms with Gasteiger partial charge in [0, 0.05) is 30.3 Å². The molecular weight excluding hydrogens is 333 g/mol. The molecular formula is C19H20FN5O. The molecule has 26 heavy (non-hydrogen) atoms. The number of carbonyl (C=O) groups excluding carboxylic acids is 1. The number of hydrogen-bond donors (Lipinski definition) is 0. The third-order valence-corrected chi connectivity index (χ3v) is 5.03. The largest absolute Gasteiger partial charge is 0.338 e. The number of benzene rings is 1. The Hall–Kier alpha value is -2.83. The summed E-state index contributed by atoms with van der Waals surface area (Å²) in [7, 11) is 0. The minimum atomic E-state index is -0.349. The van der Waals surface area contributed by atoms with E-state index < -0.39 is 0 Å². The van der Waals surface area contributed by atoms with Crippen LogP contribution in [-0.4, -0.2) is 43.5 Å². The monoisotopic (exact) mass is 353 g/mol. The minimum absolute atomic E-state index is 0.118. The molecule has 0 bridgehead atoms. The molecule has 1 aromatic carbocycles. The second-order valence-corrected chi connectivity index (χ2v) is 6.80. The summed E-state index contributed by atoms with van der Waals surface area (Å²) in [6.07, 6.45) is 3.35. The van der Waals surface area contributed by atoms with Crippen molar-refractivity contribution in [2.45, 2.75) is 32.6 Å². The number of halogens is 1. The molecule has 1 fully saturated rings. The second-order valence-electron chi connectivity index (χ2n) is 6.80. The quantitative estimate of drug-likeness (QED) is 0.711. The number of hydrogen-bond acceptors (Lipinski definition) is 4. The predicted molar refractivity (Wildman–Crippen MR) is 94.5 cm³/mol. The molecule has 1 atom stereocenters. The number of amides is 1. The lowest BCUT2D eigenvalue weighted by Crippen LogP contribution is -2.40. The lowest BCUT2D eigenvalue weighted by atomic mass is 9.93. The SMILES string of the molecule is Cc1cc(C2CCCN(C(=O)c3cccc(F)c3C)C2)n2ncnc2n1. The summed E-state index contributed by atoms with van der Waals surface area (Å²) in [5.41, 5.74) is 2.73. The van der Waals surface area contributed by atoms with Crippen molar-refractivity contribution in [1.29, 1.82) is 0 Å². The third kappa shape index (κ3) is 2.83. The molecule has 1 amide bonds. The molecule has 134 valence electrons. The van der Waals surface area contributed by atoms with Gasteiger partial charge in [-0.05, 0) is 50.5 Å². The Morgan fingerprint density at radius 1 is 1.31 bits per heavy atom. The average molecular weight is 353 g/mol. The zero-order valence-electron chi connectivity index (χ0n) is 14.8. The Morgan fingerprint density at radius 2 is 2.15 bits per heavy atom. The van der Waals surface area contributed by atoms with Gasteiger partial charge in [0.25, 0.3) is 11.7 Å². The van der Waals surface area contributed by atoms with Gasteiger partial charge in [-0.15, -0.1) is 0 Å². The fourth-order valence-corrected chi connectivity index (χ4v) is 3.66.